The Morgan fingerprint density at radius 2 is 2.43 bits per heavy atom. The maximum Gasteiger partial charge on any atom is 0.222 e. The number of likely N-dealkylation sites (tertiary alicyclic amines) is 1. The Bertz CT molecular complexity index is 610. The number of H-pyrrole nitrogens is 1. The Labute approximate surface area is 123 Å². The second-order valence-corrected chi connectivity index (χ2v) is 5.40. The van der Waals surface area contributed by atoms with Gasteiger partial charge < -0.3 is 4.90 Å². The molecule has 0 spiro atoms. The van der Waals surface area contributed by atoms with Crippen molar-refractivity contribution in [3.05, 3.63) is 30.4 Å². The summed E-state index contributed by atoms with van der Waals surface area (Å²) in [6.45, 7) is 3.60. The molecule has 0 aromatic carbocycles. The van der Waals surface area contributed by atoms with E-state index in [0.29, 0.717) is 18.2 Å². The number of hydrogen-bond donors (Lipinski definition) is 1. The summed E-state index contributed by atoms with van der Waals surface area (Å²) in [7, 11) is 0. The van der Waals surface area contributed by atoms with Crippen molar-refractivity contribution < 1.29 is 4.79 Å². The van der Waals surface area contributed by atoms with Crippen LogP contribution in [-0.4, -0.2) is 44.1 Å². The monoisotopic (exact) mass is 285 g/mol. The van der Waals surface area contributed by atoms with Gasteiger partial charge in [-0.25, -0.2) is 4.98 Å². The minimum atomic E-state index is 0.242. The van der Waals surface area contributed by atoms with Crippen LogP contribution in [0.3, 0.4) is 0 Å². The molecule has 1 aliphatic heterocycles. The number of carbonyl (C=O) groups excluding carboxylic acids is 1. The molecule has 0 saturated carbocycles. The van der Waals surface area contributed by atoms with Crippen LogP contribution in [0.25, 0.3) is 11.4 Å². The molecule has 21 heavy (non-hydrogen) atoms. The number of carbonyl (C=O) groups is 1. The normalized spacial score (nSPS) is 18.1. The first kappa shape index (κ1) is 13.7. The first-order valence-electron chi connectivity index (χ1n) is 7.35. The predicted molar refractivity (Wildman–Crippen MR) is 78.3 cm³/mol. The number of aromatic amines is 1. The van der Waals surface area contributed by atoms with Gasteiger partial charge in [0.15, 0.2) is 5.82 Å². The Balaban J connectivity index is 1.62. The lowest BCUT2D eigenvalue weighted by Gasteiger charge is -2.14. The minimum Gasteiger partial charge on any atom is -0.342 e. The average molecular weight is 285 g/mol. The first-order valence-corrected chi connectivity index (χ1v) is 7.35. The predicted octanol–water partition coefficient (Wildman–Crippen LogP) is 1.67. The summed E-state index contributed by atoms with van der Waals surface area (Å²) in [5.74, 6) is 2.27. The lowest BCUT2D eigenvalue weighted by Crippen LogP contribution is -2.28. The molecule has 6 heteroatoms. The van der Waals surface area contributed by atoms with Crippen LogP contribution >= 0.6 is 0 Å². The highest BCUT2D eigenvalue weighted by Gasteiger charge is 2.26. The van der Waals surface area contributed by atoms with Crippen LogP contribution in [0.15, 0.2) is 24.5 Å². The van der Waals surface area contributed by atoms with Gasteiger partial charge in [-0.1, -0.05) is 6.92 Å². The van der Waals surface area contributed by atoms with E-state index >= 15 is 0 Å². The van der Waals surface area contributed by atoms with Crippen LogP contribution in [0.2, 0.25) is 0 Å². The van der Waals surface area contributed by atoms with Crippen molar-refractivity contribution in [2.24, 2.45) is 5.92 Å². The van der Waals surface area contributed by atoms with Crippen molar-refractivity contribution in [2.75, 3.05) is 13.1 Å². The maximum atomic E-state index is 11.7. The lowest BCUT2D eigenvalue weighted by atomic mass is 10.1. The molecule has 2 aromatic rings. The molecule has 110 valence electrons. The molecular formula is C15H19N5O. The zero-order valence-electron chi connectivity index (χ0n) is 12.1. The Morgan fingerprint density at radius 1 is 1.52 bits per heavy atom. The van der Waals surface area contributed by atoms with E-state index < -0.39 is 0 Å². The molecule has 0 bridgehead atoms. The minimum absolute atomic E-state index is 0.242. The molecule has 3 heterocycles. The molecule has 1 N–H and O–H groups in total. The Kier molecular flexibility index (Phi) is 3.94. The Hall–Kier alpha value is -2.24. The SMILES string of the molecule is CCC(=O)N1CCC(Cc2nc(-c3cccnc3)n[nH]2)C1. The molecule has 1 amide bonds. The van der Waals surface area contributed by atoms with E-state index in [1.807, 2.05) is 24.0 Å². The fraction of sp³-hybridized carbons (Fsp3) is 0.467. The van der Waals surface area contributed by atoms with Crippen molar-refractivity contribution >= 4 is 5.91 Å². The van der Waals surface area contributed by atoms with Crippen LogP contribution in [0, 0.1) is 5.92 Å². The molecule has 1 fully saturated rings. The Morgan fingerprint density at radius 3 is 3.19 bits per heavy atom. The standard InChI is InChI=1S/C15H19N5O/c1-2-14(21)20-7-5-11(10-20)8-13-17-15(19-18-13)12-4-3-6-16-9-12/h3-4,6,9,11H,2,5,7-8,10H2,1H3,(H,17,18,19). The lowest BCUT2D eigenvalue weighted by molar-refractivity contribution is -0.129. The van der Waals surface area contributed by atoms with Gasteiger partial charge in [0.05, 0.1) is 0 Å². The van der Waals surface area contributed by atoms with E-state index in [0.717, 1.165) is 37.3 Å². The van der Waals surface area contributed by atoms with E-state index in [1.165, 1.54) is 0 Å². The van der Waals surface area contributed by atoms with Gasteiger partial charge in [0.25, 0.3) is 0 Å². The third-order valence-corrected chi connectivity index (χ3v) is 3.87. The number of hydrogen-bond acceptors (Lipinski definition) is 4. The zero-order valence-corrected chi connectivity index (χ0v) is 12.1. The summed E-state index contributed by atoms with van der Waals surface area (Å²) in [5.41, 5.74) is 0.911. The highest BCUT2D eigenvalue weighted by Crippen LogP contribution is 2.21. The van der Waals surface area contributed by atoms with Crippen molar-refractivity contribution in [1.82, 2.24) is 25.1 Å². The van der Waals surface area contributed by atoms with Crippen molar-refractivity contribution in [3.8, 4) is 11.4 Å². The maximum absolute atomic E-state index is 11.7. The molecule has 1 unspecified atom stereocenters. The number of aromatic nitrogens is 4. The fourth-order valence-corrected chi connectivity index (χ4v) is 2.73. The number of rotatable bonds is 4. The molecule has 1 saturated heterocycles. The highest BCUT2D eigenvalue weighted by molar-refractivity contribution is 5.76. The summed E-state index contributed by atoms with van der Waals surface area (Å²) in [5, 5.41) is 7.24. The van der Waals surface area contributed by atoms with E-state index in [4.69, 9.17) is 0 Å². The molecule has 6 nitrogen and oxygen atoms in total. The third-order valence-electron chi connectivity index (χ3n) is 3.87. The molecular weight excluding hydrogens is 266 g/mol. The smallest absolute Gasteiger partial charge is 0.222 e. The number of pyridine rings is 1. The molecule has 1 atom stereocenters. The van der Waals surface area contributed by atoms with Gasteiger partial charge in [0.1, 0.15) is 5.82 Å². The molecule has 1 aliphatic rings. The first-order chi connectivity index (χ1) is 10.3. The van der Waals surface area contributed by atoms with Crippen molar-refractivity contribution in [1.29, 1.82) is 0 Å². The third kappa shape index (κ3) is 3.09. The summed E-state index contributed by atoms with van der Waals surface area (Å²) in [6, 6.07) is 3.81. The number of nitrogens with one attached hydrogen (secondary N) is 1. The van der Waals surface area contributed by atoms with E-state index in [-0.39, 0.29) is 5.91 Å². The van der Waals surface area contributed by atoms with E-state index in [1.54, 1.807) is 12.4 Å². The number of nitrogens with zero attached hydrogens (tertiary/aromatic N) is 4. The van der Waals surface area contributed by atoms with E-state index in [9.17, 15) is 4.79 Å². The summed E-state index contributed by atoms with van der Waals surface area (Å²) < 4.78 is 0. The second kappa shape index (κ2) is 6.03. The van der Waals surface area contributed by atoms with Crippen LogP contribution in [0.5, 0.6) is 0 Å². The van der Waals surface area contributed by atoms with Crippen LogP contribution in [0.4, 0.5) is 0 Å². The van der Waals surface area contributed by atoms with Gasteiger partial charge in [0.2, 0.25) is 5.91 Å². The van der Waals surface area contributed by atoms with Crippen LogP contribution in [0.1, 0.15) is 25.6 Å². The summed E-state index contributed by atoms with van der Waals surface area (Å²) >= 11 is 0. The van der Waals surface area contributed by atoms with Gasteiger partial charge in [-0.2, -0.15) is 5.10 Å². The van der Waals surface area contributed by atoms with E-state index in [2.05, 4.69) is 20.2 Å². The topological polar surface area (TPSA) is 74.8 Å². The van der Waals surface area contributed by atoms with Gasteiger partial charge in [-0.05, 0) is 24.5 Å². The average Bonchev–Trinajstić information content (AvgIpc) is 3.17. The number of amides is 1. The van der Waals surface area contributed by atoms with Gasteiger partial charge in [0, 0.05) is 43.9 Å². The quantitative estimate of drug-likeness (QED) is 0.927. The van der Waals surface area contributed by atoms with Crippen molar-refractivity contribution in [3.63, 3.8) is 0 Å². The zero-order chi connectivity index (χ0) is 14.7. The van der Waals surface area contributed by atoms with Crippen molar-refractivity contribution in [2.45, 2.75) is 26.2 Å². The van der Waals surface area contributed by atoms with Gasteiger partial charge in [-0.15, -0.1) is 0 Å². The van der Waals surface area contributed by atoms with Crippen LogP contribution in [-0.2, 0) is 11.2 Å². The molecule has 0 aliphatic carbocycles. The summed E-state index contributed by atoms with van der Waals surface area (Å²) in [6.07, 6.45) is 5.94. The molecule has 0 radical (unpaired) electrons. The molecule has 3 rings (SSSR count). The van der Waals surface area contributed by atoms with Gasteiger partial charge >= 0.3 is 0 Å². The van der Waals surface area contributed by atoms with Crippen LogP contribution < -0.4 is 0 Å². The summed E-state index contributed by atoms with van der Waals surface area (Å²) in [4.78, 5) is 22.2. The fourth-order valence-electron chi connectivity index (χ4n) is 2.73. The molecule has 2 aromatic heterocycles. The second-order valence-electron chi connectivity index (χ2n) is 5.40. The van der Waals surface area contributed by atoms with Gasteiger partial charge in [-0.3, -0.25) is 14.9 Å². The largest absolute Gasteiger partial charge is 0.342 e. The highest BCUT2D eigenvalue weighted by atomic mass is 16.2.